The van der Waals surface area contributed by atoms with Crippen LogP contribution in [0.3, 0.4) is 0 Å². The third-order valence-electron chi connectivity index (χ3n) is 1.45. The van der Waals surface area contributed by atoms with Gasteiger partial charge in [-0.1, -0.05) is 0 Å². The summed E-state index contributed by atoms with van der Waals surface area (Å²) < 4.78 is 2.57. The van der Waals surface area contributed by atoms with Gasteiger partial charge in [0.05, 0.1) is 22.9 Å². The summed E-state index contributed by atoms with van der Waals surface area (Å²) in [7, 11) is 0. The summed E-state index contributed by atoms with van der Waals surface area (Å²) >= 11 is 1.87. The number of halogens is 1. The average Bonchev–Trinajstić information content (AvgIpc) is 1.78. The number of hydrogen-bond donors (Lipinski definition) is 2. The van der Waals surface area contributed by atoms with E-state index in [1.807, 2.05) is 22.9 Å². The minimum atomic E-state index is 0.141. The Bertz CT molecular complexity index is 114. The molecule has 0 bridgehead atoms. The molecule has 0 aliphatic carbocycles. The van der Waals surface area contributed by atoms with Gasteiger partial charge in [-0.25, -0.2) is 0 Å². The highest BCUT2D eigenvalue weighted by Gasteiger charge is 2.19. The molecule has 1 fully saturated rings. The van der Waals surface area contributed by atoms with Crippen LogP contribution in [0, 0.1) is 5.92 Å². The highest BCUT2D eigenvalue weighted by atomic mass is 127. The quantitative estimate of drug-likeness (QED) is 0.529. The zero-order valence-electron chi connectivity index (χ0n) is 4.98. The first kappa shape index (κ1) is 7.27. The highest BCUT2D eigenvalue weighted by molar-refractivity contribution is 14.1. The Morgan fingerprint density at radius 1 is 1.78 bits per heavy atom. The maximum Gasteiger partial charge on any atom is 0.228 e. The Morgan fingerprint density at radius 2 is 2.44 bits per heavy atom. The molecular formula is C5H9IN2O. The van der Waals surface area contributed by atoms with Crippen molar-refractivity contribution < 1.29 is 4.79 Å². The van der Waals surface area contributed by atoms with Crippen LogP contribution in [0.4, 0.5) is 0 Å². The van der Waals surface area contributed by atoms with Crippen LogP contribution in [0.1, 0.15) is 6.42 Å². The van der Waals surface area contributed by atoms with Crippen molar-refractivity contribution in [2.75, 3.05) is 13.1 Å². The average molecular weight is 240 g/mol. The molecule has 1 amide bonds. The molecule has 0 atom stereocenters. The van der Waals surface area contributed by atoms with Crippen LogP contribution in [0.5, 0.6) is 0 Å². The molecule has 0 unspecified atom stereocenters. The lowest BCUT2D eigenvalue weighted by atomic mass is 9.99. The maximum absolute atomic E-state index is 10.7. The van der Waals surface area contributed by atoms with Gasteiger partial charge in [-0.15, -0.1) is 0 Å². The van der Waals surface area contributed by atoms with E-state index in [-0.39, 0.29) is 5.91 Å². The summed E-state index contributed by atoms with van der Waals surface area (Å²) in [6.07, 6.45) is 0.677. The minimum Gasteiger partial charge on any atom is -0.316 e. The second-order valence-electron chi connectivity index (χ2n) is 2.25. The number of rotatable bonds is 2. The molecule has 1 rings (SSSR count). The van der Waals surface area contributed by atoms with Crippen molar-refractivity contribution in [3.05, 3.63) is 0 Å². The van der Waals surface area contributed by atoms with E-state index >= 15 is 0 Å². The molecule has 0 radical (unpaired) electrons. The van der Waals surface area contributed by atoms with Crippen molar-refractivity contribution in [3.8, 4) is 0 Å². The summed E-state index contributed by atoms with van der Waals surface area (Å²) in [5, 5.41) is 3.11. The van der Waals surface area contributed by atoms with Crippen LogP contribution in [0.2, 0.25) is 0 Å². The molecule has 1 aliphatic rings. The van der Waals surface area contributed by atoms with Crippen molar-refractivity contribution >= 4 is 28.8 Å². The van der Waals surface area contributed by atoms with Crippen molar-refractivity contribution in [2.45, 2.75) is 6.42 Å². The molecule has 1 heterocycles. The number of hydrogen-bond acceptors (Lipinski definition) is 2. The van der Waals surface area contributed by atoms with E-state index in [1.165, 1.54) is 0 Å². The Hall–Kier alpha value is 0.160. The number of nitrogens with one attached hydrogen (secondary N) is 2. The van der Waals surface area contributed by atoms with Gasteiger partial charge in [-0.2, -0.15) is 0 Å². The van der Waals surface area contributed by atoms with Crippen LogP contribution >= 0.6 is 22.9 Å². The van der Waals surface area contributed by atoms with Gasteiger partial charge in [0.1, 0.15) is 0 Å². The molecule has 0 saturated carbocycles. The predicted octanol–water partition coefficient (Wildman–Crippen LogP) is 0.0621. The fraction of sp³-hybridized carbons (Fsp3) is 0.800. The standard InChI is InChI=1S/C5H9IN2O/c6-8-5(9)1-4-2-7-3-4/h4,7H,1-3H2,(H,8,9). The molecule has 9 heavy (non-hydrogen) atoms. The fourth-order valence-corrected chi connectivity index (χ4v) is 1.01. The van der Waals surface area contributed by atoms with Gasteiger partial charge < -0.3 is 5.32 Å². The van der Waals surface area contributed by atoms with Crippen molar-refractivity contribution in [1.29, 1.82) is 0 Å². The Labute approximate surface area is 68.1 Å². The molecule has 52 valence electrons. The molecule has 0 aromatic carbocycles. The zero-order valence-corrected chi connectivity index (χ0v) is 7.14. The van der Waals surface area contributed by atoms with Gasteiger partial charge in [0.15, 0.2) is 0 Å². The van der Waals surface area contributed by atoms with Gasteiger partial charge in [0, 0.05) is 6.42 Å². The van der Waals surface area contributed by atoms with Gasteiger partial charge in [-0.3, -0.25) is 8.32 Å². The van der Waals surface area contributed by atoms with Crippen molar-refractivity contribution in [1.82, 2.24) is 8.85 Å². The van der Waals surface area contributed by atoms with Crippen LogP contribution in [0.15, 0.2) is 0 Å². The Morgan fingerprint density at radius 3 is 2.78 bits per heavy atom. The molecule has 4 heteroatoms. The fourth-order valence-electron chi connectivity index (χ4n) is 0.794. The lowest BCUT2D eigenvalue weighted by Gasteiger charge is -2.25. The molecule has 0 spiro atoms. The molecular weight excluding hydrogens is 231 g/mol. The largest absolute Gasteiger partial charge is 0.316 e. The lowest BCUT2D eigenvalue weighted by molar-refractivity contribution is -0.120. The van der Waals surface area contributed by atoms with Gasteiger partial charge in [0.25, 0.3) is 0 Å². The second kappa shape index (κ2) is 3.36. The van der Waals surface area contributed by atoms with Gasteiger partial charge in [0.2, 0.25) is 5.91 Å². The molecule has 2 N–H and O–H groups in total. The molecule has 0 aromatic heterocycles. The first-order valence-corrected chi connectivity index (χ1v) is 4.01. The van der Waals surface area contributed by atoms with Crippen molar-refractivity contribution in [3.63, 3.8) is 0 Å². The summed E-state index contributed by atoms with van der Waals surface area (Å²) in [5.41, 5.74) is 0. The summed E-state index contributed by atoms with van der Waals surface area (Å²) in [4.78, 5) is 10.7. The first-order chi connectivity index (χ1) is 4.33. The number of carbonyl (C=O) groups is 1. The first-order valence-electron chi connectivity index (χ1n) is 2.93. The van der Waals surface area contributed by atoms with Crippen LogP contribution in [-0.2, 0) is 4.79 Å². The van der Waals surface area contributed by atoms with E-state index in [2.05, 4.69) is 8.85 Å². The third-order valence-corrected chi connectivity index (χ3v) is 2.05. The molecule has 0 aromatic rings. The van der Waals surface area contributed by atoms with E-state index in [1.54, 1.807) is 0 Å². The zero-order chi connectivity index (χ0) is 6.69. The molecule has 3 nitrogen and oxygen atoms in total. The normalized spacial score (nSPS) is 18.8. The summed E-state index contributed by atoms with van der Waals surface area (Å²) in [6.45, 7) is 2.01. The Kier molecular flexibility index (Phi) is 2.71. The van der Waals surface area contributed by atoms with E-state index in [9.17, 15) is 4.79 Å². The summed E-state index contributed by atoms with van der Waals surface area (Å²) in [5.74, 6) is 0.724. The minimum absolute atomic E-state index is 0.141. The predicted molar refractivity (Wildman–Crippen MR) is 43.1 cm³/mol. The van der Waals surface area contributed by atoms with E-state index in [4.69, 9.17) is 0 Å². The van der Waals surface area contributed by atoms with E-state index in [0.29, 0.717) is 12.3 Å². The van der Waals surface area contributed by atoms with Gasteiger partial charge >= 0.3 is 0 Å². The molecule has 1 saturated heterocycles. The maximum atomic E-state index is 10.7. The Balaban J connectivity index is 2.09. The summed E-state index contributed by atoms with van der Waals surface area (Å²) in [6, 6.07) is 0. The highest BCUT2D eigenvalue weighted by Crippen LogP contribution is 2.07. The van der Waals surface area contributed by atoms with Crippen LogP contribution in [-0.4, -0.2) is 19.0 Å². The lowest BCUT2D eigenvalue weighted by Crippen LogP contribution is -2.43. The van der Waals surface area contributed by atoms with Crippen LogP contribution in [0.25, 0.3) is 0 Å². The number of amides is 1. The second-order valence-corrected chi connectivity index (χ2v) is 2.79. The van der Waals surface area contributed by atoms with Crippen molar-refractivity contribution in [2.24, 2.45) is 5.92 Å². The van der Waals surface area contributed by atoms with Gasteiger partial charge in [-0.05, 0) is 19.0 Å². The van der Waals surface area contributed by atoms with E-state index < -0.39 is 0 Å². The third kappa shape index (κ3) is 2.09. The topological polar surface area (TPSA) is 41.1 Å². The monoisotopic (exact) mass is 240 g/mol. The van der Waals surface area contributed by atoms with E-state index in [0.717, 1.165) is 13.1 Å². The van der Waals surface area contributed by atoms with Crippen LogP contribution < -0.4 is 8.85 Å². The number of carbonyl (C=O) groups excluding carboxylic acids is 1. The smallest absolute Gasteiger partial charge is 0.228 e. The SMILES string of the molecule is O=C(CC1CNC1)NI. The molecule has 1 aliphatic heterocycles.